The smallest absolute Gasteiger partial charge is 0.280 e. The first-order valence-electron chi connectivity index (χ1n) is 11.9. The molecule has 1 aliphatic rings. The van der Waals surface area contributed by atoms with Crippen molar-refractivity contribution in [2.75, 3.05) is 0 Å². The molecule has 5 nitrogen and oxygen atoms in total. The minimum atomic E-state index is -1.74. The minimum absolute atomic E-state index is 0.0743. The number of hydrogen-bond donors (Lipinski definition) is 0. The van der Waals surface area contributed by atoms with Crippen molar-refractivity contribution < 1.29 is 8.84 Å². The van der Waals surface area contributed by atoms with E-state index in [1.54, 1.807) is 0 Å². The molecule has 2 heterocycles. The Hall–Kier alpha value is -1.70. The van der Waals surface area contributed by atoms with Gasteiger partial charge in [0.25, 0.3) is 5.56 Å². The van der Waals surface area contributed by atoms with Gasteiger partial charge >= 0.3 is 0 Å². The van der Waals surface area contributed by atoms with Crippen molar-refractivity contribution in [2.24, 2.45) is 5.92 Å². The van der Waals surface area contributed by atoms with E-state index in [2.05, 4.69) is 54.8 Å². The van der Waals surface area contributed by atoms with Gasteiger partial charge in [-0.3, -0.25) is 4.79 Å². The van der Waals surface area contributed by atoms with Crippen molar-refractivity contribution in [3.63, 3.8) is 0 Å². The standard InChI is InChI=1S/C26H35BrN2O3Si/c1-17-20(8-7-9-21(17)27)24-28-23-22(31-24)14-15-29(25(23)30)16-18-10-12-19(13-11-18)32-33(5,6)26(2,3)4/h7-9,14-15,18-19H,10-13,16H2,1-6H3. The van der Waals surface area contributed by atoms with Gasteiger partial charge in [0.05, 0.1) is 0 Å². The third kappa shape index (κ3) is 5.05. The third-order valence-corrected chi connectivity index (χ3v) is 12.9. The third-order valence-electron chi connectivity index (χ3n) is 7.54. The molecule has 0 bridgehead atoms. The van der Waals surface area contributed by atoms with Crippen LogP contribution in [0.5, 0.6) is 0 Å². The Bertz CT molecular complexity index is 1200. The average molecular weight is 532 g/mol. The van der Waals surface area contributed by atoms with Crippen LogP contribution in [0.15, 0.2) is 44.1 Å². The molecule has 0 atom stereocenters. The van der Waals surface area contributed by atoms with Gasteiger partial charge in [0, 0.05) is 28.9 Å². The van der Waals surface area contributed by atoms with E-state index in [0.717, 1.165) is 47.8 Å². The molecule has 0 unspecified atom stereocenters. The van der Waals surface area contributed by atoms with Crippen LogP contribution in [0.3, 0.4) is 0 Å². The lowest BCUT2D eigenvalue weighted by Gasteiger charge is -2.41. The number of benzene rings is 1. The summed E-state index contributed by atoms with van der Waals surface area (Å²) >= 11 is 3.56. The zero-order valence-corrected chi connectivity index (χ0v) is 23.2. The molecule has 0 aliphatic heterocycles. The van der Waals surface area contributed by atoms with E-state index in [4.69, 9.17) is 8.84 Å². The maximum absolute atomic E-state index is 13.2. The van der Waals surface area contributed by atoms with Crippen molar-refractivity contribution in [1.82, 2.24) is 9.55 Å². The van der Waals surface area contributed by atoms with Crippen LogP contribution in [0, 0.1) is 12.8 Å². The van der Waals surface area contributed by atoms with Gasteiger partial charge in [-0.1, -0.05) is 42.8 Å². The topological polar surface area (TPSA) is 57.3 Å². The van der Waals surface area contributed by atoms with E-state index < -0.39 is 8.32 Å². The number of hydrogen-bond acceptors (Lipinski definition) is 4. The normalized spacial score (nSPS) is 19.8. The molecule has 7 heteroatoms. The largest absolute Gasteiger partial charge is 0.436 e. The molecule has 33 heavy (non-hydrogen) atoms. The Morgan fingerprint density at radius 3 is 2.55 bits per heavy atom. The molecule has 0 spiro atoms. The van der Waals surface area contributed by atoms with Crippen LogP contribution >= 0.6 is 15.9 Å². The Morgan fingerprint density at radius 2 is 1.88 bits per heavy atom. The van der Waals surface area contributed by atoms with Gasteiger partial charge in [-0.05, 0) is 80.4 Å². The zero-order valence-electron chi connectivity index (χ0n) is 20.6. The highest BCUT2D eigenvalue weighted by Gasteiger charge is 2.39. The predicted molar refractivity (Wildman–Crippen MR) is 140 cm³/mol. The SMILES string of the molecule is Cc1c(Br)cccc1-c1nc2c(=O)n(CC3CCC(O[Si](C)(C)C(C)(C)C)CC3)ccc2o1. The van der Waals surface area contributed by atoms with Gasteiger partial charge in [0.1, 0.15) is 0 Å². The molecule has 0 N–H and O–H groups in total. The summed E-state index contributed by atoms with van der Waals surface area (Å²) in [6, 6.07) is 7.77. The van der Waals surface area contributed by atoms with Crippen molar-refractivity contribution in [1.29, 1.82) is 0 Å². The van der Waals surface area contributed by atoms with Gasteiger partial charge in [0.2, 0.25) is 5.89 Å². The summed E-state index contributed by atoms with van der Waals surface area (Å²) in [5, 5.41) is 0.234. The molecule has 3 aromatic rings. The first kappa shape index (κ1) is 24.4. The van der Waals surface area contributed by atoms with Crippen LogP contribution < -0.4 is 5.56 Å². The minimum Gasteiger partial charge on any atom is -0.436 e. The van der Waals surface area contributed by atoms with Crippen LogP contribution in [0.2, 0.25) is 18.1 Å². The summed E-state index contributed by atoms with van der Waals surface area (Å²) in [5.74, 6) is 0.972. The van der Waals surface area contributed by atoms with Gasteiger partial charge in [-0.25, -0.2) is 4.98 Å². The number of oxazole rings is 1. The molecule has 178 valence electrons. The monoisotopic (exact) mass is 530 g/mol. The van der Waals surface area contributed by atoms with E-state index in [-0.39, 0.29) is 10.6 Å². The first-order chi connectivity index (χ1) is 15.5. The number of pyridine rings is 1. The fraction of sp³-hybridized carbons (Fsp3) is 0.538. The molecule has 0 radical (unpaired) electrons. The molecule has 1 fully saturated rings. The lowest BCUT2D eigenvalue weighted by atomic mass is 9.87. The number of halogens is 1. The number of nitrogens with zero attached hydrogens (tertiary/aromatic N) is 2. The second kappa shape index (κ2) is 9.15. The molecular formula is C26H35BrN2O3Si. The van der Waals surface area contributed by atoms with Crippen LogP contribution in [0.1, 0.15) is 52.0 Å². The van der Waals surface area contributed by atoms with E-state index >= 15 is 0 Å². The summed E-state index contributed by atoms with van der Waals surface area (Å²) in [6.07, 6.45) is 6.53. The van der Waals surface area contributed by atoms with Crippen LogP contribution in [0.4, 0.5) is 0 Å². The Balaban J connectivity index is 1.46. The highest BCUT2D eigenvalue weighted by Crippen LogP contribution is 2.40. The number of fused-ring (bicyclic) bond motifs is 1. The average Bonchev–Trinajstić information content (AvgIpc) is 3.17. The van der Waals surface area contributed by atoms with Gasteiger partial charge in [0.15, 0.2) is 19.4 Å². The summed E-state index contributed by atoms with van der Waals surface area (Å²) < 4.78 is 15.4. The lowest BCUT2D eigenvalue weighted by Crippen LogP contribution is -2.44. The van der Waals surface area contributed by atoms with E-state index in [0.29, 0.717) is 29.0 Å². The van der Waals surface area contributed by atoms with Gasteiger partial charge in [-0.2, -0.15) is 0 Å². The molecule has 1 saturated carbocycles. The highest BCUT2D eigenvalue weighted by atomic mass is 79.9. The summed E-state index contributed by atoms with van der Waals surface area (Å²) in [6.45, 7) is 14.3. The fourth-order valence-corrected chi connectivity index (χ4v) is 6.15. The van der Waals surface area contributed by atoms with E-state index in [1.165, 1.54) is 0 Å². The Kier molecular flexibility index (Phi) is 6.78. The molecular weight excluding hydrogens is 496 g/mol. The van der Waals surface area contributed by atoms with Crippen LogP contribution in [-0.2, 0) is 11.0 Å². The van der Waals surface area contributed by atoms with Crippen LogP contribution in [0.25, 0.3) is 22.6 Å². The fourth-order valence-electron chi connectivity index (χ4n) is 4.36. The molecule has 4 rings (SSSR count). The maximum atomic E-state index is 13.2. The lowest BCUT2D eigenvalue weighted by molar-refractivity contribution is 0.111. The summed E-state index contributed by atoms with van der Waals surface area (Å²) in [5.41, 5.74) is 2.81. The number of rotatable bonds is 5. The summed E-state index contributed by atoms with van der Waals surface area (Å²) in [7, 11) is -1.74. The molecule has 2 aromatic heterocycles. The zero-order chi connectivity index (χ0) is 24.0. The maximum Gasteiger partial charge on any atom is 0.280 e. The number of aromatic nitrogens is 2. The molecule has 0 amide bonds. The quantitative estimate of drug-likeness (QED) is 0.324. The van der Waals surface area contributed by atoms with Crippen molar-refractivity contribution >= 4 is 35.3 Å². The van der Waals surface area contributed by atoms with E-state index in [9.17, 15) is 4.79 Å². The second-order valence-electron chi connectivity index (χ2n) is 10.9. The van der Waals surface area contributed by atoms with E-state index in [1.807, 2.05) is 42.0 Å². The Morgan fingerprint density at radius 1 is 1.18 bits per heavy atom. The predicted octanol–water partition coefficient (Wildman–Crippen LogP) is 7.31. The summed E-state index contributed by atoms with van der Waals surface area (Å²) in [4.78, 5) is 17.8. The molecule has 1 aliphatic carbocycles. The van der Waals surface area contributed by atoms with Gasteiger partial charge in [-0.15, -0.1) is 0 Å². The molecule has 0 saturated heterocycles. The van der Waals surface area contributed by atoms with Gasteiger partial charge < -0.3 is 13.4 Å². The first-order valence-corrected chi connectivity index (χ1v) is 15.6. The van der Waals surface area contributed by atoms with Crippen molar-refractivity contribution in [3.05, 3.63) is 50.9 Å². The van der Waals surface area contributed by atoms with Crippen LogP contribution in [-0.4, -0.2) is 24.0 Å². The van der Waals surface area contributed by atoms with Crippen molar-refractivity contribution in [2.45, 2.75) is 84.2 Å². The second-order valence-corrected chi connectivity index (χ2v) is 16.5. The Labute approximate surface area is 205 Å². The van der Waals surface area contributed by atoms with Crippen molar-refractivity contribution in [3.8, 4) is 11.5 Å². The molecule has 1 aromatic carbocycles. The highest BCUT2D eigenvalue weighted by molar-refractivity contribution is 9.10.